The molecule has 0 saturated heterocycles. The molecule has 164 valence electrons. The van der Waals surface area contributed by atoms with Crippen LogP contribution in [0.2, 0.25) is 0 Å². The Hall–Kier alpha value is -4.33. The van der Waals surface area contributed by atoms with Gasteiger partial charge in [-0.2, -0.15) is 4.68 Å². The zero-order valence-electron chi connectivity index (χ0n) is 17.7. The number of nitrogens with one attached hydrogen (secondary N) is 1. The number of hydrogen-bond donors (Lipinski definition) is 1. The van der Waals surface area contributed by atoms with Crippen LogP contribution in [0.3, 0.4) is 0 Å². The first-order valence-electron chi connectivity index (χ1n) is 10.6. The molecule has 0 radical (unpaired) electrons. The average Bonchev–Trinajstić information content (AvgIpc) is 3.35. The van der Waals surface area contributed by atoms with Crippen molar-refractivity contribution in [2.45, 2.75) is 12.6 Å². The van der Waals surface area contributed by atoms with Crippen LogP contribution in [0.25, 0.3) is 5.70 Å². The van der Waals surface area contributed by atoms with Gasteiger partial charge in [-0.15, -0.1) is 0 Å². The molecule has 1 aliphatic rings. The smallest absolute Gasteiger partial charge is 0.251 e. The fraction of sp³-hybridized carbons (Fsp3) is 0.120. The van der Waals surface area contributed by atoms with Gasteiger partial charge in [0, 0.05) is 12.1 Å². The summed E-state index contributed by atoms with van der Waals surface area (Å²) < 4.78 is 15.6. The normalized spacial score (nSPS) is 15.0. The molecule has 8 heteroatoms. The van der Waals surface area contributed by atoms with Gasteiger partial charge in [-0.25, -0.2) is 4.39 Å². The van der Waals surface area contributed by atoms with Crippen LogP contribution in [-0.4, -0.2) is 32.7 Å². The second-order valence-corrected chi connectivity index (χ2v) is 7.65. The first-order valence-corrected chi connectivity index (χ1v) is 10.6. The summed E-state index contributed by atoms with van der Waals surface area (Å²) in [4.78, 5) is 14.7. The third kappa shape index (κ3) is 4.23. The lowest BCUT2D eigenvalue weighted by atomic mass is 10.0. The fourth-order valence-corrected chi connectivity index (χ4v) is 3.90. The van der Waals surface area contributed by atoms with Crippen molar-refractivity contribution < 1.29 is 9.18 Å². The zero-order valence-corrected chi connectivity index (χ0v) is 17.7. The third-order valence-electron chi connectivity index (χ3n) is 5.53. The molecule has 1 amide bonds. The van der Waals surface area contributed by atoms with Crippen LogP contribution in [0.15, 0.2) is 91.0 Å². The lowest BCUT2D eigenvalue weighted by Crippen LogP contribution is -2.40. The standard InChI is InChI=1S/C25H21FN6O/c26-21-14-8-7-13-20(21)16-27-24(33)17-31-22(18-9-3-1-4-10-18)15-23(19-11-5-2-6-12-19)32-25(31)28-29-30-32/h1-15,23H,16-17H2,(H,27,33). The minimum absolute atomic E-state index is 0.0168. The second-order valence-electron chi connectivity index (χ2n) is 7.65. The Morgan fingerprint density at radius 1 is 0.939 bits per heavy atom. The number of nitrogens with zero attached hydrogens (tertiary/aromatic N) is 5. The molecule has 0 fully saturated rings. The van der Waals surface area contributed by atoms with E-state index in [4.69, 9.17) is 0 Å². The first-order chi connectivity index (χ1) is 16.2. The van der Waals surface area contributed by atoms with Crippen molar-refractivity contribution in [3.8, 4) is 0 Å². The van der Waals surface area contributed by atoms with Crippen LogP contribution in [0.5, 0.6) is 0 Å². The number of carbonyl (C=O) groups is 1. The second kappa shape index (κ2) is 9.04. The largest absolute Gasteiger partial charge is 0.350 e. The predicted molar refractivity (Wildman–Crippen MR) is 122 cm³/mol. The highest BCUT2D eigenvalue weighted by atomic mass is 19.1. The van der Waals surface area contributed by atoms with Crippen molar-refractivity contribution in [2.24, 2.45) is 0 Å². The van der Waals surface area contributed by atoms with Gasteiger partial charge in [0.15, 0.2) is 0 Å². The summed E-state index contributed by atoms with van der Waals surface area (Å²) in [5.74, 6) is -0.158. The highest BCUT2D eigenvalue weighted by Crippen LogP contribution is 2.35. The van der Waals surface area contributed by atoms with Crippen LogP contribution in [0.4, 0.5) is 10.3 Å². The molecule has 1 aromatic heterocycles. The first kappa shape index (κ1) is 20.6. The number of allylic oxidation sites excluding steroid dienone is 1. The van der Waals surface area contributed by atoms with Gasteiger partial charge in [0.2, 0.25) is 5.91 Å². The predicted octanol–water partition coefficient (Wildman–Crippen LogP) is 3.58. The van der Waals surface area contributed by atoms with Crippen LogP contribution >= 0.6 is 0 Å². The number of fused-ring (bicyclic) bond motifs is 1. The molecule has 3 aromatic carbocycles. The van der Waals surface area contributed by atoms with E-state index in [-0.39, 0.29) is 30.9 Å². The highest BCUT2D eigenvalue weighted by Gasteiger charge is 2.31. The van der Waals surface area contributed by atoms with Crippen molar-refractivity contribution in [1.82, 2.24) is 25.5 Å². The summed E-state index contributed by atoms with van der Waals surface area (Å²) in [6.07, 6.45) is 2.05. The van der Waals surface area contributed by atoms with Gasteiger partial charge in [0.25, 0.3) is 5.95 Å². The zero-order chi connectivity index (χ0) is 22.6. The molecule has 0 bridgehead atoms. The van der Waals surface area contributed by atoms with Gasteiger partial charge in [0.05, 0.1) is 5.70 Å². The summed E-state index contributed by atoms with van der Waals surface area (Å²) in [5.41, 5.74) is 3.22. The summed E-state index contributed by atoms with van der Waals surface area (Å²) in [5, 5.41) is 15.1. The van der Waals surface area contributed by atoms with Crippen molar-refractivity contribution in [1.29, 1.82) is 0 Å². The van der Waals surface area contributed by atoms with Crippen LogP contribution < -0.4 is 10.2 Å². The molecule has 0 saturated carbocycles. The van der Waals surface area contributed by atoms with Gasteiger partial charge in [0.1, 0.15) is 18.4 Å². The lowest BCUT2D eigenvalue weighted by molar-refractivity contribution is -0.119. The summed E-state index contributed by atoms with van der Waals surface area (Å²) >= 11 is 0. The van der Waals surface area contributed by atoms with Crippen molar-refractivity contribution in [2.75, 3.05) is 11.4 Å². The van der Waals surface area contributed by atoms with E-state index in [0.29, 0.717) is 11.5 Å². The Bertz CT molecular complexity index is 1290. The molecular weight excluding hydrogens is 419 g/mol. The van der Waals surface area contributed by atoms with Crippen molar-refractivity contribution in [3.63, 3.8) is 0 Å². The summed E-state index contributed by atoms with van der Waals surface area (Å²) in [7, 11) is 0. The Labute approximate surface area is 190 Å². The number of carbonyl (C=O) groups excluding carboxylic acids is 1. The van der Waals surface area contributed by atoms with Crippen LogP contribution in [0.1, 0.15) is 22.7 Å². The van der Waals surface area contributed by atoms with E-state index in [1.54, 1.807) is 27.8 Å². The van der Waals surface area contributed by atoms with E-state index >= 15 is 0 Å². The number of benzene rings is 3. The van der Waals surface area contributed by atoms with E-state index in [9.17, 15) is 9.18 Å². The quantitative estimate of drug-likeness (QED) is 0.496. The van der Waals surface area contributed by atoms with E-state index in [1.807, 2.05) is 60.7 Å². The molecule has 1 N–H and O–H groups in total. The maximum Gasteiger partial charge on any atom is 0.251 e. The number of hydrogen-bond acceptors (Lipinski definition) is 5. The minimum Gasteiger partial charge on any atom is -0.350 e. The van der Waals surface area contributed by atoms with Crippen LogP contribution in [-0.2, 0) is 11.3 Å². The minimum atomic E-state index is -0.352. The van der Waals surface area contributed by atoms with Gasteiger partial charge >= 0.3 is 0 Å². The maximum absolute atomic E-state index is 13.9. The Balaban J connectivity index is 1.46. The Kier molecular flexibility index (Phi) is 5.63. The Morgan fingerprint density at radius 2 is 1.64 bits per heavy atom. The van der Waals surface area contributed by atoms with Crippen molar-refractivity contribution >= 4 is 17.6 Å². The van der Waals surface area contributed by atoms with E-state index in [2.05, 4.69) is 26.9 Å². The van der Waals surface area contributed by atoms with Gasteiger partial charge in [-0.05, 0) is 33.7 Å². The molecule has 0 spiro atoms. The molecule has 1 unspecified atom stereocenters. The average molecular weight is 440 g/mol. The summed E-state index contributed by atoms with van der Waals surface area (Å²) in [6.45, 7) is 0.0817. The molecule has 4 aromatic rings. The molecule has 0 aliphatic carbocycles. The van der Waals surface area contributed by atoms with Gasteiger partial charge in [-0.1, -0.05) is 84.0 Å². The maximum atomic E-state index is 13.9. The van der Waals surface area contributed by atoms with Gasteiger partial charge in [-0.3, -0.25) is 9.69 Å². The molecule has 7 nitrogen and oxygen atoms in total. The molecule has 2 heterocycles. The van der Waals surface area contributed by atoms with E-state index < -0.39 is 0 Å². The molecule has 5 rings (SSSR count). The SMILES string of the molecule is O=C(CN1C(c2ccccc2)=CC(c2ccccc2)n2nnnc21)NCc1ccccc1F. The molecule has 33 heavy (non-hydrogen) atoms. The number of tetrazole rings is 1. The topological polar surface area (TPSA) is 75.9 Å². The van der Waals surface area contributed by atoms with Crippen molar-refractivity contribution in [3.05, 3.63) is 114 Å². The number of halogens is 1. The van der Waals surface area contributed by atoms with Crippen LogP contribution in [0, 0.1) is 5.82 Å². The lowest BCUT2D eigenvalue weighted by Gasteiger charge is -2.32. The summed E-state index contributed by atoms with van der Waals surface area (Å²) in [6, 6.07) is 25.9. The van der Waals surface area contributed by atoms with E-state index in [1.165, 1.54) is 6.07 Å². The number of anilines is 1. The highest BCUT2D eigenvalue weighted by molar-refractivity contribution is 5.89. The van der Waals surface area contributed by atoms with E-state index in [0.717, 1.165) is 16.8 Å². The number of aromatic nitrogens is 4. The molecular formula is C25H21FN6O. The Morgan fingerprint density at radius 3 is 2.39 bits per heavy atom. The monoisotopic (exact) mass is 440 g/mol. The number of amides is 1. The number of rotatable bonds is 6. The molecule has 1 aliphatic heterocycles. The fourth-order valence-electron chi connectivity index (χ4n) is 3.90. The molecule has 1 atom stereocenters. The van der Waals surface area contributed by atoms with Gasteiger partial charge < -0.3 is 5.32 Å². The third-order valence-corrected chi connectivity index (χ3v) is 5.53.